The van der Waals surface area contributed by atoms with E-state index in [1.54, 1.807) is 0 Å². The molecule has 1 saturated carbocycles. The van der Waals surface area contributed by atoms with Gasteiger partial charge in [-0.2, -0.15) is 0 Å². The van der Waals surface area contributed by atoms with Gasteiger partial charge in [-0.25, -0.2) is 0 Å². The van der Waals surface area contributed by atoms with E-state index in [2.05, 4.69) is 30.7 Å². The number of amides is 1. The molecule has 116 valence electrons. The van der Waals surface area contributed by atoms with Gasteiger partial charge in [0.15, 0.2) is 0 Å². The van der Waals surface area contributed by atoms with Crippen LogP contribution < -0.4 is 0 Å². The summed E-state index contributed by atoms with van der Waals surface area (Å²) in [6, 6.07) is 0.557. The molecule has 1 saturated heterocycles. The Balaban J connectivity index is 1.87. The maximum atomic E-state index is 12.6. The first-order chi connectivity index (χ1) is 9.61. The van der Waals surface area contributed by atoms with Crippen LogP contribution in [0.5, 0.6) is 0 Å². The molecule has 3 atom stereocenters. The van der Waals surface area contributed by atoms with Crippen LogP contribution >= 0.6 is 0 Å². The molecule has 1 heterocycles. The maximum Gasteiger partial charge on any atom is 0.236 e. The normalized spacial score (nSPS) is 28.3. The van der Waals surface area contributed by atoms with Crippen LogP contribution in [0.4, 0.5) is 0 Å². The molecule has 0 radical (unpaired) electrons. The summed E-state index contributed by atoms with van der Waals surface area (Å²) in [4.78, 5) is 17.1. The van der Waals surface area contributed by atoms with E-state index in [-0.39, 0.29) is 0 Å². The van der Waals surface area contributed by atoms with Crippen molar-refractivity contribution in [1.82, 2.24) is 9.80 Å². The fraction of sp³-hybridized carbons (Fsp3) is 0.941. The summed E-state index contributed by atoms with van der Waals surface area (Å²) in [5, 5.41) is 0. The number of hydrogen-bond acceptors (Lipinski definition) is 2. The zero-order valence-corrected chi connectivity index (χ0v) is 13.6. The van der Waals surface area contributed by atoms with Crippen molar-refractivity contribution in [2.75, 3.05) is 26.7 Å². The molecular weight excluding hydrogens is 248 g/mol. The highest BCUT2D eigenvalue weighted by Gasteiger charge is 2.35. The summed E-state index contributed by atoms with van der Waals surface area (Å²) in [5.74, 6) is 1.84. The van der Waals surface area contributed by atoms with Crippen molar-refractivity contribution < 1.29 is 4.79 Å². The Kier molecular flexibility index (Phi) is 5.88. The molecule has 0 bridgehead atoms. The Hall–Kier alpha value is -0.570. The van der Waals surface area contributed by atoms with Crippen LogP contribution in [0.25, 0.3) is 0 Å². The van der Waals surface area contributed by atoms with Gasteiger partial charge in [-0.1, -0.05) is 33.1 Å². The Morgan fingerprint density at radius 2 is 1.95 bits per heavy atom. The van der Waals surface area contributed by atoms with Crippen molar-refractivity contribution in [3.8, 4) is 0 Å². The van der Waals surface area contributed by atoms with E-state index in [9.17, 15) is 4.79 Å². The lowest BCUT2D eigenvalue weighted by Crippen LogP contribution is -2.52. The third kappa shape index (κ3) is 3.97. The number of piperidine rings is 1. The molecular formula is C17H32N2O. The summed E-state index contributed by atoms with van der Waals surface area (Å²) >= 11 is 0. The summed E-state index contributed by atoms with van der Waals surface area (Å²) < 4.78 is 0. The minimum absolute atomic E-state index is 0.368. The number of carbonyl (C=O) groups is 1. The summed E-state index contributed by atoms with van der Waals surface area (Å²) in [7, 11) is 2.09. The Labute approximate surface area is 124 Å². The molecule has 3 unspecified atom stereocenters. The van der Waals surface area contributed by atoms with E-state index in [4.69, 9.17) is 0 Å². The van der Waals surface area contributed by atoms with Crippen molar-refractivity contribution in [2.24, 2.45) is 11.8 Å². The molecule has 0 spiro atoms. The van der Waals surface area contributed by atoms with Crippen LogP contribution in [0.3, 0.4) is 0 Å². The lowest BCUT2D eigenvalue weighted by atomic mass is 9.78. The fourth-order valence-electron chi connectivity index (χ4n) is 3.98. The Bertz CT molecular complexity index is 316. The average molecular weight is 280 g/mol. The van der Waals surface area contributed by atoms with E-state index in [0.717, 1.165) is 19.0 Å². The van der Waals surface area contributed by atoms with Gasteiger partial charge in [0.25, 0.3) is 0 Å². The van der Waals surface area contributed by atoms with Crippen molar-refractivity contribution in [2.45, 2.75) is 64.8 Å². The van der Waals surface area contributed by atoms with E-state index < -0.39 is 0 Å². The summed E-state index contributed by atoms with van der Waals surface area (Å²) in [5.41, 5.74) is 0. The quantitative estimate of drug-likeness (QED) is 0.772. The first-order valence-corrected chi connectivity index (χ1v) is 8.59. The molecule has 3 heteroatoms. The molecule has 1 amide bonds. The number of hydrogen-bond donors (Lipinski definition) is 0. The minimum Gasteiger partial charge on any atom is -0.338 e. The highest BCUT2D eigenvalue weighted by Crippen LogP contribution is 2.35. The molecule has 0 aromatic carbocycles. The Morgan fingerprint density at radius 3 is 2.70 bits per heavy atom. The van der Waals surface area contributed by atoms with E-state index >= 15 is 0 Å². The molecule has 0 N–H and O–H groups in total. The second kappa shape index (κ2) is 7.44. The number of carbonyl (C=O) groups excluding carboxylic acids is 1. The van der Waals surface area contributed by atoms with Crippen molar-refractivity contribution in [3.63, 3.8) is 0 Å². The maximum absolute atomic E-state index is 12.6. The summed E-state index contributed by atoms with van der Waals surface area (Å²) in [6.45, 7) is 7.12. The van der Waals surface area contributed by atoms with Crippen LogP contribution in [0.1, 0.15) is 58.8 Å². The van der Waals surface area contributed by atoms with Crippen LogP contribution in [0.2, 0.25) is 0 Å². The van der Waals surface area contributed by atoms with Gasteiger partial charge < -0.3 is 4.90 Å². The average Bonchev–Trinajstić information content (AvgIpc) is 2.46. The SMILES string of the molecule is CCC(C)CN(C)CC(=O)N1CCCC2CCCCC21. The molecule has 20 heavy (non-hydrogen) atoms. The van der Waals surface area contributed by atoms with E-state index in [1.165, 1.54) is 44.9 Å². The predicted octanol–water partition coefficient (Wildman–Crippen LogP) is 3.15. The molecule has 1 aliphatic heterocycles. The zero-order chi connectivity index (χ0) is 14.5. The first-order valence-electron chi connectivity index (χ1n) is 8.59. The van der Waals surface area contributed by atoms with Gasteiger partial charge in [0.05, 0.1) is 6.54 Å². The number of nitrogens with zero attached hydrogens (tertiary/aromatic N) is 2. The third-order valence-electron chi connectivity index (χ3n) is 5.29. The molecule has 2 aliphatic rings. The lowest BCUT2D eigenvalue weighted by Gasteiger charge is -2.44. The standard InChI is InChI=1S/C17H32N2O/c1-4-14(2)12-18(3)13-17(20)19-11-7-9-15-8-5-6-10-16(15)19/h14-16H,4-13H2,1-3H3. The van der Waals surface area contributed by atoms with Gasteiger partial charge in [-0.3, -0.25) is 9.69 Å². The topological polar surface area (TPSA) is 23.6 Å². The smallest absolute Gasteiger partial charge is 0.236 e. The molecule has 0 aromatic heterocycles. The first kappa shape index (κ1) is 15.8. The molecule has 0 aromatic rings. The van der Waals surface area contributed by atoms with Crippen LogP contribution in [0, 0.1) is 11.8 Å². The second-order valence-electron chi connectivity index (χ2n) is 7.05. The van der Waals surface area contributed by atoms with Gasteiger partial charge in [0.1, 0.15) is 0 Å². The van der Waals surface area contributed by atoms with Gasteiger partial charge in [-0.15, -0.1) is 0 Å². The van der Waals surface area contributed by atoms with Crippen LogP contribution in [-0.2, 0) is 4.79 Å². The monoisotopic (exact) mass is 280 g/mol. The van der Waals surface area contributed by atoms with Crippen molar-refractivity contribution in [3.05, 3.63) is 0 Å². The highest BCUT2D eigenvalue weighted by molar-refractivity contribution is 5.78. The lowest BCUT2D eigenvalue weighted by molar-refractivity contribution is -0.138. The van der Waals surface area contributed by atoms with Gasteiger partial charge >= 0.3 is 0 Å². The second-order valence-corrected chi connectivity index (χ2v) is 7.05. The molecule has 3 nitrogen and oxygen atoms in total. The van der Waals surface area contributed by atoms with Gasteiger partial charge in [0, 0.05) is 19.1 Å². The van der Waals surface area contributed by atoms with Gasteiger partial charge in [-0.05, 0) is 44.6 Å². The third-order valence-corrected chi connectivity index (χ3v) is 5.29. The van der Waals surface area contributed by atoms with E-state index in [1.807, 2.05) is 0 Å². The number of likely N-dealkylation sites (N-methyl/N-ethyl adjacent to an activating group) is 1. The fourth-order valence-corrected chi connectivity index (χ4v) is 3.98. The Morgan fingerprint density at radius 1 is 1.25 bits per heavy atom. The van der Waals surface area contributed by atoms with Gasteiger partial charge in [0.2, 0.25) is 5.91 Å². The van der Waals surface area contributed by atoms with Crippen LogP contribution in [0.15, 0.2) is 0 Å². The largest absolute Gasteiger partial charge is 0.338 e. The number of likely N-dealkylation sites (tertiary alicyclic amines) is 1. The van der Waals surface area contributed by atoms with E-state index in [0.29, 0.717) is 24.4 Å². The highest BCUT2D eigenvalue weighted by atomic mass is 16.2. The number of fused-ring (bicyclic) bond motifs is 1. The number of rotatable bonds is 5. The summed E-state index contributed by atoms with van der Waals surface area (Å²) in [6.07, 6.45) is 9.01. The zero-order valence-electron chi connectivity index (χ0n) is 13.6. The molecule has 2 rings (SSSR count). The van der Waals surface area contributed by atoms with Crippen molar-refractivity contribution >= 4 is 5.91 Å². The van der Waals surface area contributed by atoms with Crippen molar-refractivity contribution in [1.29, 1.82) is 0 Å². The minimum atomic E-state index is 0.368. The van der Waals surface area contributed by atoms with Crippen LogP contribution in [-0.4, -0.2) is 48.4 Å². The predicted molar refractivity (Wildman–Crippen MR) is 83.6 cm³/mol. The molecule has 1 aliphatic carbocycles. The molecule has 2 fully saturated rings.